The second kappa shape index (κ2) is 3.89. The van der Waals surface area contributed by atoms with Crippen molar-refractivity contribution in [2.24, 2.45) is 10.2 Å². The monoisotopic (exact) mass is 218 g/mol. The minimum atomic E-state index is -4.28. The maximum atomic E-state index is 9.95. The highest BCUT2D eigenvalue weighted by molar-refractivity contribution is 7.86. The van der Waals surface area contributed by atoms with E-state index >= 15 is 0 Å². The third-order valence-electron chi connectivity index (χ3n) is 0.542. The third kappa shape index (κ3) is 9.42. The van der Waals surface area contributed by atoms with Crippen LogP contribution in [-0.2, 0) is 20.2 Å². The van der Waals surface area contributed by atoms with E-state index in [0.29, 0.717) is 0 Å². The summed E-state index contributed by atoms with van der Waals surface area (Å²) >= 11 is 0. The first-order chi connectivity index (χ1) is 5.21. The van der Waals surface area contributed by atoms with Gasteiger partial charge in [-0.15, -0.1) is 0 Å². The molecule has 0 bridgehead atoms. The fourth-order valence-corrected chi connectivity index (χ4v) is 0.683. The molecule has 72 valence electrons. The summed E-state index contributed by atoms with van der Waals surface area (Å²) in [5.74, 6) is -2.05. The average molecular weight is 218 g/mol. The topological polar surface area (TPSA) is 133 Å². The number of hydrogen-bond acceptors (Lipinski definition) is 6. The van der Waals surface area contributed by atoms with Crippen LogP contribution in [0.4, 0.5) is 0 Å². The molecule has 0 aromatic rings. The summed E-state index contributed by atoms with van der Waals surface area (Å²) in [5, 5.41) is 5.55. The summed E-state index contributed by atoms with van der Waals surface area (Å²) in [7, 11) is -8.56. The smallest absolute Gasteiger partial charge is 0.284 e. The second-order valence-electron chi connectivity index (χ2n) is 1.70. The molecule has 0 aliphatic rings. The molecule has 0 saturated heterocycles. The van der Waals surface area contributed by atoms with Gasteiger partial charge in [-0.25, -0.2) is 0 Å². The molecular formula is C2H6N2O6S2. The zero-order valence-electron chi connectivity index (χ0n) is 5.65. The first kappa shape index (κ1) is 11.4. The van der Waals surface area contributed by atoms with Gasteiger partial charge in [0.15, 0.2) is 11.8 Å². The third-order valence-corrected chi connectivity index (χ3v) is 1.43. The molecule has 0 unspecified atom stereocenters. The van der Waals surface area contributed by atoms with Crippen molar-refractivity contribution in [1.82, 2.24) is 0 Å². The maximum absolute atomic E-state index is 9.95. The van der Waals surface area contributed by atoms with Crippen LogP contribution in [0.25, 0.3) is 0 Å². The van der Waals surface area contributed by atoms with Crippen molar-refractivity contribution in [1.29, 1.82) is 0 Å². The van der Waals surface area contributed by atoms with E-state index in [9.17, 15) is 16.8 Å². The van der Waals surface area contributed by atoms with Crippen LogP contribution in [0.2, 0.25) is 0 Å². The van der Waals surface area contributed by atoms with Gasteiger partial charge in [0.25, 0.3) is 20.2 Å². The highest BCUT2D eigenvalue weighted by Gasteiger charge is 2.03. The maximum Gasteiger partial charge on any atom is 0.287 e. The van der Waals surface area contributed by atoms with Crippen LogP contribution in [0.15, 0.2) is 10.2 Å². The van der Waals surface area contributed by atoms with Crippen LogP contribution in [-0.4, -0.2) is 37.7 Å². The molecule has 0 radical (unpaired) electrons. The highest BCUT2D eigenvalue weighted by Crippen LogP contribution is 1.88. The van der Waals surface area contributed by atoms with Gasteiger partial charge in [-0.05, 0) is 0 Å². The average Bonchev–Trinajstić information content (AvgIpc) is 1.76. The molecule has 0 aromatic carbocycles. The Morgan fingerprint density at radius 1 is 0.833 bits per heavy atom. The summed E-state index contributed by atoms with van der Waals surface area (Å²) in [4.78, 5) is 0. The van der Waals surface area contributed by atoms with Gasteiger partial charge in [-0.3, -0.25) is 9.11 Å². The second-order valence-corrected chi connectivity index (χ2v) is 4.55. The Morgan fingerprint density at radius 2 is 1.08 bits per heavy atom. The Balaban J connectivity index is 3.98. The van der Waals surface area contributed by atoms with Gasteiger partial charge in [0, 0.05) is 0 Å². The van der Waals surface area contributed by atoms with Crippen molar-refractivity contribution in [3.63, 3.8) is 0 Å². The van der Waals surface area contributed by atoms with Gasteiger partial charge >= 0.3 is 0 Å². The van der Waals surface area contributed by atoms with Gasteiger partial charge in [0.2, 0.25) is 0 Å². The van der Waals surface area contributed by atoms with Crippen molar-refractivity contribution in [2.45, 2.75) is 0 Å². The molecule has 10 heteroatoms. The van der Waals surface area contributed by atoms with Crippen LogP contribution in [0, 0.1) is 0 Å². The molecule has 0 amide bonds. The summed E-state index contributed by atoms with van der Waals surface area (Å²) < 4.78 is 55.9. The van der Waals surface area contributed by atoms with Gasteiger partial charge in [-0.1, -0.05) is 0 Å². The molecule has 12 heavy (non-hydrogen) atoms. The van der Waals surface area contributed by atoms with Gasteiger partial charge in [0.05, 0.1) is 0 Å². The number of hydrogen-bond donors (Lipinski definition) is 2. The van der Waals surface area contributed by atoms with E-state index in [0.717, 1.165) is 0 Å². The molecule has 8 nitrogen and oxygen atoms in total. The largest absolute Gasteiger partial charge is 0.287 e. The van der Waals surface area contributed by atoms with Crippen molar-refractivity contribution in [3.8, 4) is 0 Å². The standard InChI is InChI=1S/C2H6N2O6S2/c5-11(6,7)1-3-4-2-12(8,9)10/h1-2H2,(H,5,6,7)(H,8,9,10). The Labute approximate surface area is 68.8 Å². The SMILES string of the molecule is O=S(=O)(O)CN=NCS(=O)(=O)O. The lowest BCUT2D eigenvalue weighted by Crippen LogP contribution is -2.03. The normalized spacial score (nSPS) is 13.8. The van der Waals surface area contributed by atoms with E-state index in [-0.39, 0.29) is 0 Å². The summed E-state index contributed by atoms with van der Waals surface area (Å²) in [5.41, 5.74) is 0. The van der Waals surface area contributed by atoms with E-state index in [1.54, 1.807) is 0 Å². The molecule has 0 aromatic heterocycles. The fourth-order valence-electron chi connectivity index (χ4n) is 0.228. The minimum Gasteiger partial charge on any atom is -0.284 e. The van der Waals surface area contributed by atoms with Crippen molar-refractivity contribution in [3.05, 3.63) is 0 Å². The lowest BCUT2D eigenvalue weighted by molar-refractivity contribution is 0.477. The van der Waals surface area contributed by atoms with E-state index in [4.69, 9.17) is 9.11 Å². The first-order valence-corrected chi connectivity index (χ1v) is 5.66. The fraction of sp³-hybridized carbons (Fsp3) is 1.00. The van der Waals surface area contributed by atoms with Crippen molar-refractivity contribution >= 4 is 20.2 Å². The summed E-state index contributed by atoms with van der Waals surface area (Å²) in [6, 6.07) is 0. The van der Waals surface area contributed by atoms with Crippen LogP contribution in [0.5, 0.6) is 0 Å². The van der Waals surface area contributed by atoms with Gasteiger partial charge < -0.3 is 0 Å². The Kier molecular flexibility index (Phi) is 3.70. The molecule has 0 saturated carbocycles. The molecule has 0 aliphatic carbocycles. The molecule has 2 N–H and O–H groups in total. The molecule has 0 atom stereocenters. The van der Waals surface area contributed by atoms with Crippen LogP contribution in [0.3, 0.4) is 0 Å². The van der Waals surface area contributed by atoms with Crippen LogP contribution in [0.1, 0.15) is 0 Å². The van der Waals surface area contributed by atoms with Crippen LogP contribution < -0.4 is 0 Å². The zero-order chi connectivity index (χ0) is 9.83. The molecule has 0 spiro atoms. The Morgan fingerprint density at radius 3 is 1.25 bits per heavy atom. The summed E-state index contributed by atoms with van der Waals surface area (Å²) in [6.07, 6.45) is 0. The molecule has 0 heterocycles. The van der Waals surface area contributed by atoms with Crippen molar-refractivity contribution in [2.75, 3.05) is 11.8 Å². The summed E-state index contributed by atoms with van der Waals surface area (Å²) in [6.45, 7) is 0. The lowest BCUT2D eigenvalue weighted by Gasteiger charge is -1.88. The van der Waals surface area contributed by atoms with E-state index in [1.165, 1.54) is 0 Å². The van der Waals surface area contributed by atoms with Gasteiger partial charge in [-0.2, -0.15) is 27.1 Å². The highest BCUT2D eigenvalue weighted by atomic mass is 32.2. The number of nitrogens with zero attached hydrogens (tertiary/aromatic N) is 2. The zero-order valence-corrected chi connectivity index (χ0v) is 7.29. The van der Waals surface area contributed by atoms with Crippen LogP contribution >= 0.6 is 0 Å². The Hall–Kier alpha value is -0.580. The van der Waals surface area contributed by atoms with E-state index < -0.39 is 32.0 Å². The molecule has 0 fully saturated rings. The minimum absolute atomic E-state index is 1.03. The number of azo groups is 1. The lowest BCUT2D eigenvalue weighted by atomic mass is 11.4. The number of rotatable bonds is 4. The quantitative estimate of drug-likeness (QED) is 0.465. The predicted octanol–water partition coefficient (Wildman–Crippen LogP) is -0.871. The Bertz CT molecular complexity index is 315. The van der Waals surface area contributed by atoms with E-state index in [1.807, 2.05) is 0 Å². The predicted molar refractivity (Wildman–Crippen MR) is 37.7 cm³/mol. The first-order valence-electron chi connectivity index (χ1n) is 2.44. The molecular weight excluding hydrogens is 212 g/mol. The molecule has 0 aliphatic heterocycles. The van der Waals surface area contributed by atoms with Gasteiger partial charge in [0.1, 0.15) is 0 Å². The van der Waals surface area contributed by atoms with E-state index in [2.05, 4.69) is 10.2 Å². The molecule has 0 rings (SSSR count). The van der Waals surface area contributed by atoms with Crippen molar-refractivity contribution < 1.29 is 25.9 Å².